The average Bonchev–Trinajstić information content (AvgIpc) is 3.50. The second-order valence-electron chi connectivity index (χ2n) is 7.04. The third-order valence-corrected chi connectivity index (χ3v) is 5.71. The molecule has 0 atom stereocenters. The van der Waals surface area contributed by atoms with E-state index in [1.54, 1.807) is 42.9 Å². The zero-order valence-electron chi connectivity index (χ0n) is 17.4. The molecule has 0 bridgehead atoms. The maximum atomic E-state index is 12.5. The van der Waals surface area contributed by atoms with Gasteiger partial charge in [-0.05, 0) is 48.9 Å². The molecule has 0 unspecified atom stereocenters. The minimum Gasteiger partial charge on any atom is -0.467 e. The Hall–Kier alpha value is -3.78. The van der Waals surface area contributed by atoms with Gasteiger partial charge in [-0.3, -0.25) is 14.2 Å². The first-order valence-corrected chi connectivity index (χ1v) is 11.0. The van der Waals surface area contributed by atoms with Crippen LogP contribution in [0, 0.1) is 6.92 Å². The number of thioether (sulfide) groups is 1. The Morgan fingerprint density at radius 2 is 1.97 bits per heavy atom. The summed E-state index contributed by atoms with van der Waals surface area (Å²) in [6.45, 7) is 2.27. The molecular weight excluding hydrogens is 424 g/mol. The lowest BCUT2D eigenvalue weighted by molar-refractivity contribution is -0.113. The lowest BCUT2D eigenvalue weighted by atomic mass is 10.2. The monoisotopic (exact) mass is 446 g/mol. The summed E-state index contributed by atoms with van der Waals surface area (Å²) in [6.07, 6.45) is 5.05. The molecule has 2 aromatic heterocycles. The summed E-state index contributed by atoms with van der Waals surface area (Å²) < 4.78 is 7.10. The quantitative estimate of drug-likeness (QED) is 0.391. The van der Waals surface area contributed by atoms with Gasteiger partial charge in [0.15, 0.2) is 5.16 Å². The Kier molecular flexibility index (Phi) is 6.72. The molecule has 2 aromatic carbocycles. The van der Waals surface area contributed by atoms with E-state index in [0.717, 1.165) is 16.9 Å². The molecule has 0 spiro atoms. The number of carbonyl (C=O) groups excluding carboxylic acids is 2. The molecule has 8 heteroatoms. The number of furan rings is 1. The average molecular weight is 447 g/mol. The van der Waals surface area contributed by atoms with E-state index in [0.29, 0.717) is 23.0 Å². The zero-order chi connectivity index (χ0) is 22.3. The largest absolute Gasteiger partial charge is 0.467 e. The van der Waals surface area contributed by atoms with Crippen molar-refractivity contribution in [2.45, 2.75) is 18.6 Å². The molecular formula is C24H22N4O3S. The molecule has 0 fully saturated rings. The standard InChI is InChI=1S/C24H22N4O3S/c1-17-6-2-3-10-21(17)27-22(29)16-32-24-25-11-12-28(24)19-8-4-7-18(14-19)23(30)26-15-20-9-5-13-31-20/h2-14H,15-16H2,1H3,(H,26,30)(H,27,29). The van der Waals surface area contributed by atoms with Crippen molar-refractivity contribution in [2.24, 2.45) is 0 Å². The highest BCUT2D eigenvalue weighted by molar-refractivity contribution is 7.99. The molecule has 0 radical (unpaired) electrons. The van der Waals surface area contributed by atoms with Gasteiger partial charge in [0.1, 0.15) is 5.76 Å². The number of hydrogen-bond acceptors (Lipinski definition) is 5. The normalized spacial score (nSPS) is 10.7. The number of aromatic nitrogens is 2. The van der Waals surface area contributed by atoms with E-state index in [1.165, 1.54) is 11.8 Å². The predicted molar refractivity (Wildman–Crippen MR) is 124 cm³/mol. The van der Waals surface area contributed by atoms with Crippen molar-refractivity contribution >= 4 is 29.3 Å². The van der Waals surface area contributed by atoms with Crippen molar-refractivity contribution in [3.05, 3.63) is 96.2 Å². The van der Waals surface area contributed by atoms with E-state index in [9.17, 15) is 9.59 Å². The number of para-hydroxylation sites is 1. The lowest BCUT2D eigenvalue weighted by Crippen LogP contribution is -2.22. The molecule has 162 valence electrons. The van der Waals surface area contributed by atoms with Gasteiger partial charge < -0.3 is 15.1 Å². The van der Waals surface area contributed by atoms with Crippen molar-refractivity contribution in [2.75, 3.05) is 11.1 Å². The van der Waals surface area contributed by atoms with Crippen LogP contribution in [0.3, 0.4) is 0 Å². The van der Waals surface area contributed by atoms with Gasteiger partial charge in [0.05, 0.1) is 18.6 Å². The topological polar surface area (TPSA) is 89.2 Å². The molecule has 0 aliphatic rings. The third-order valence-electron chi connectivity index (χ3n) is 4.75. The van der Waals surface area contributed by atoms with Crippen LogP contribution in [0.25, 0.3) is 5.69 Å². The fraction of sp³-hybridized carbons (Fsp3) is 0.125. The maximum Gasteiger partial charge on any atom is 0.251 e. The van der Waals surface area contributed by atoms with Gasteiger partial charge >= 0.3 is 0 Å². The molecule has 2 heterocycles. The molecule has 0 aliphatic carbocycles. The van der Waals surface area contributed by atoms with Gasteiger partial charge in [0, 0.05) is 29.3 Å². The Labute approximate surface area is 189 Å². The number of anilines is 1. The van der Waals surface area contributed by atoms with Gasteiger partial charge in [-0.15, -0.1) is 0 Å². The van der Waals surface area contributed by atoms with E-state index in [4.69, 9.17) is 4.42 Å². The van der Waals surface area contributed by atoms with Crippen molar-refractivity contribution < 1.29 is 14.0 Å². The Morgan fingerprint density at radius 1 is 1.09 bits per heavy atom. The molecule has 7 nitrogen and oxygen atoms in total. The van der Waals surface area contributed by atoms with E-state index in [1.807, 2.05) is 47.9 Å². The van der Waals surface area contributed by atoms with Crippen LogP contribution in [-0.4, -0.2) is 27.1 Å². The number of benzene rings is 2. The summed E-state index contributed by atoms with van der Waals surface area (Å²) >= 11 is 1.33. The molecule has 4 aromatic rings. The fourth-order valence-corrected chi connectivity index (χ4v) is 3.88. The van der Waals surface area contributed by atoms with Gasteiger partial charge in [0.2, 0.25) is 5.91 Å². The summed E-state index contributed by atoms with van der Waals surface area (Å²) in [6, 6.07) is 18.5. The van der Waals surface area contributed by atoms with Crippen LogP contribution < -0.4 is 10.6 Å². The highest BCUT2D eigenvalue weighted by Crippen LogP contribution is 2.22. The number of aryl methyl sites for hydroxylation is 1. The van der Waals surface area contributed by atoms with E-state index >= 15 is 0 Å². The van der Waals surface area contributed by atoms with Crippen LogP contribution >= 0.6 is 11.8 Å². The number of nitrogens with one attached hydrogen (secondary N) is 2. The van der Waals surface area contributed by atoms with E-state index in [-0.39, 0.29) is 17.6 Å². The number of nitrogens with zero attached hydrogens (tertiary/aromatic N) is 2. The number of carbonyl (C=O) groups is 2. The van der Waals surface area contributed by atoms with Gasteiger partial charge in [0.25, 0.3) is 5.91 Å². The van der Waals surface area contributed by atoms with Crippen LogP contribution in [0.2, 0.25) is 0 Å². The van der Waals surface area contributed by atoms with E-state index in [2.05, 4.69) is 15.6 Å². The summed E-state index contributed by atoms with van der Waals surface area (Å²) in [4.78, 5) is 29.3. The van der Waals surface area contributed by atoms with Crippen molar-refractivity contribution in [3.63, 3.8) is 0 Å². The van der Waals surface area contributed by atoms with Crippen molar-refractivity contribution in [1.82, 2.24) is 14.9 Å². The highest BCUT2D eigenvalue weighted by Gasteiger charge is 2.12. The molecule has 0 aliphatic heterocycles. The minimum atomic E-state index is -0.199. The van der Waals surface area contributed by atoms with Crippen molar-refractivity contribution in [1.29, 1.82) is 0 Å². The van der Waals surface area contributed by atoms with Crippen molar-refractivity contribution in [3.8, 4) is 5.69 Å². The molecule has 2 amide bonds. The zero-order valence-corrected chi connectivity index (χ0v) is 18.3. The fourth-order valence-electron chi connectivity index (χ4n) is 3.10. The second kappa shape index (κ2) is 10.0. The maximum absolute atomic E-state index is 12.5. The highest BCUT2D eigenvalue weighted by atomic mass is 32.2. The summed E-state index contributed by atoms with van der Waals surface area (Å²) in [7, 11) is 0. The first-order chi connectivity index (χ1) is 15.6. The van der Waals surface area contributed by atoms with Gasteiger partial charge in [-0.25, -0.2) is 4.98 Å². The lowest BCUT2D eigenvalue weighted by Gasteiger charge is -2.10. The first kappa shape index (κ1) is 21.5. The first-order valence-electron chi connectivity index (χ1n) is 10.0. The van der Waals surface area contributed by atoms with E-state index < -0.39 is 0 Å². The van der Waals surface area contributed by atoms with Crippen LogP contribution in [0.15, 0.2) is 88.9 Å². The Bertz CT molecular complexity index is 1220. The van der Waals surface area contributed by atoms with Crippen LogP contribution in [0.5, 0.6) is 0 Å². The molecule has 32 heavy (non-hydrogen) atoms. The predicted octanol–water partition coefficient (Wildman–Crippen LogP) is 4.43. The smallest absolute Gasteiger partial charge is 0.251 e. The summed E-state index contributed by atoms with van der Waals surface area (Å²) in [5, 5.41) is 6.43. The molecule has 0 saturated heterocycles. The Morgan fingerprint density at radius 3 is 2.78 bits per heavy atom. The van der Waals surface area contributed by atoms with Crippen LogP contribution in [-0.2, 0) is 11.3 Å². The van der Waals surface area contributed by atoms with Crippen LogP contribution in [0.1, 0.15) is 21.7 Å². The Balaban J connectivity index is 1.40. The molecule has 0 saturated carbocycles. The summed E-state index contributed by atoms with van der Waals surface area (Å²) in [5.41, 5.74) is 3.12. The number of imidazole rings is 1. The van der Waals surface area contributed by atoms with Gasteiger partial charge in [-0.2, -0.15) is 0 Å². The molecule has 2 N–H and O–H groups in total. The number of rotatable bonds is 8. The number of hydrogen-bond donors (Lipinski definition) is 2. The minimum absolute atomic E-state index is 0.107. The second-order valence-corrected chi connectivity index (χ2v) is 7.99. The van der Waals surface area contributed by atoms with Gasteiger partial charge in [-0.1, -0.05) is 36.0 Å². The molecule has 4 rings (SSSR count). The third kappa shape index (κ3) is 5.28. The summed E-state index contributed by atoms with van der Waals surface area (Å²) in [5.74, 6) is 0.598. The SMILES string of the molecule is Cc1ccccc1NC(=O)CSc1nccn1-c1cccc(C(=O)NCc2ccco2)c1. The van der Waals surface area contributed by atoms with Crippen LogP contribution in [0.4, 0.5) is 5.69 Å². The number of amides is 2.